The predicted octanol–water partition coefficient (Wildman–Crippen LogP) is -1.44. The zero-order valence-electron chi connectivity index (χ0n) is 14.2. The maximum absolute atomic E-state index is 11.3. The van der Waals surface area contributed by atoms with Crippen LogP contribution >= 0.6 is 0 Å². The van der Waals surface area contributed by atoms with Crippen molar-refractivity contribution in [2.24, 2.45) is 0 Å². The molecule has 146 valence electrons. The van der Waals surface area contributed by atoms with Crippen LogP contribution in [0, 0.1) is 0 Å². The third kappa shape index (κ3) is 9.01. The number of aromatic carboxylic acids is 1. The first-order valence-electron chi connectivity index (χ1n) is 6.82. The van der Waals surface area contributed by atoms with Crippen molar-refractivity contribution in [3.8, 4) is 0 Å². The molecule has 1 amide bonds. The number of hydrogen-bond donors (Lipinski definition) is 2. The summed E-state index contributed by atoms with van der Waals surface area (Å²) in [6.45, 7) is 2.69. The zero-order valence-corrected chi connectivity index (χ0v) is 15.8. The van der Waals surface area contributed by atoms with E-state index in [2.05, 4.69) is 4.74 Å². The zero-order chi connectivity index (χ0) is 19.7. The van der Waals surface area contributed by atoms with Crippen molar-refractivity contribution in [3.05, 3.63) is 28.8 Å². The Morgan fingerprint density at radius 2 is 1.46 bits per heavy atom. The second-order valence-electron chi connectivity index (χ2n) is 4.82. The maximum Gasteiger partial charge on any atom is 2.00 e. The maximum atomic E-state index is 11.3. The van der Waals surface area contributed by atoms with E-state index in [1.54, 1.807) is 6.07 Å². The molecule has 0 atom stereocenters. The van der Waals surface area contributed by atoms with Gasteiger partial charge in [-0.1, -0.05) is 0 Å². The van der Waals surface area contributed by atoms with Crippen LogP contribution in [0.25, 0.3) is 0 Å². The van der Waals surface area contributed by atoms with Crippen molar-refractivity contribution in [1.29, 1.82) is 0 Å². The topological polar surface area (TPSA) is 173 Å². The number of methoxy groups -OCH3 is 1. The fraction of sp³-hybridized carbons (Fsp3) is 0.333. The Labute approximate surface area is 163 Å². The fourth-order valence-electron chi connectivity index (χ4n) is 1.91. The van der Waals surface area contributed by atoms with Gasteiger partial charge in [0.1, 0.15) is 0 Å². The molecule has 0 fully saturated rings. The average Bonchev–Trinajstić information content (AvgIpc) is 2.86. The van der Waals surface area contributed by atoms with Crippen LogP contribution in [0.15, 0.2) is 12.1 Å². The van der Waals surface area contributed by atoms with Crippen LogP contribution < -0.4 is 15.9 Å². The molecule has 0 saturated heterocycles. The van der Waals surface area contributed by atoms with Crippen molar-refractivity contribution >= 4 is 29.7 Å². The van der Waals surface area contributed by atoms with Gasteiger partial charge < -0.3 is 35.4 Å². The molecule has 0 saturated carbocycles. The second-order valence-corrected chi connectivity index (χ2v) is 4.82. The van der Waals surface area contributed by atoms with E-state index in [9.17, 15) is 9.59 Å². The summed E-state index contributed by atoms with van der Waals surface area (Å²) in [7, 11) is 1.31. The van der Waals surface area contributed by atoms with Gasteiger partial charge in [-0.15, -0.1) is 0 Å². The Morgan fingerprint density at radius 1 is 1.08 bits per heavy atom. The van der Waals surface area contributed by atoms with Crippen molar-refractivity contribution in [1.82, 2.24) is 4.90 Å². The van der Waals surface area contributed by atoms with Crippen molar-refractivity contribution in [2.75, 3.05) is 12.8 Å². The summed E-state index contributed by atoms with van der Waals surface area (Å²) >= 11 is 0. The number of amides is 1. The number of nitrogens with two attached hydrogens (primary N) is 1. The van der Waals surface area contributed by atoms with E-state index in [0.29, 0.717) is 13.1 Å². The van der Waals surface area contributed by atoms with Gasteiger partial charge in [0.05, 0.1) is 12.7 Å². The van der Waals surface area contributed by atoms with E-state index in [1.807, 2.05) is 0 Å². The number of carbonyl (C=O) groups excluding carboxylic acids is 3. The summed E-state index contributed by atoms with van der Waals surface area (Å²) in [5, 5.41) is 26.7. The quantitative estimate of drug-likeness (QED) is 0.375. The minimum atomic E-state index is -1.08. The van der Waals surface area contributed by atoms with Gasteiger partial charge in [0.2, 0.25) is 0 Å². The molecule has 26 heavy (non-hydrogen) atoms. The van der Waals surface area contributed by atoms with E-state index < -0.39 is 24.0 Å². The summed E-state index contributed by atoms with van der Waals surface area (Å²) in [5.74, 6) is -3.23. The van der Waals surface area contributed by atoms with E-state index in [1.165, 1.54) is 18.1 Å². The van der Waals surface area contributed by atoms with Crippen LogP contribution in [0.4, 0.5) is 10.5 Å². The van der Waals surface area contributed by atoms with Gasteiger partial charge >= 0.3 is 32.5 Å². The molecule has 2 rings (SSSR count). The van der Waals surface area contributed by atoms with Crippen LogP contribution in [0.1, 0.15) is 35.3 Å². The smallest absolute Gasteiger partial charge is 0.550 e. The molecule has 1 aliphatic rings. The minimum Gasteiger partial charge on any atom is -0.550 e. The molecule has 0 radical (unpaired) electrons. The van der Waals surface area contributed by atoms with Crippen LogP contribution in [0.5, 0.6) is 0 Å². The molecule has 0 unspecified atom stereocenters. The summed E-state index contributed by atoms with van der Waals surface area (Å²) in [6.07, 6.45) is -0.434. The first kappa shape index (κ1) is 25.6. The molecule has 1 heterocycles. The number of aliphatic carboxylic acids is 2. The standard InChI is InChI=1S/C11H12N2O4.2C2H4O2.Pd/c1-17-11(16)13-4-6-2-8(10(14)15)9(12)3-7(6)5-13;2*1-2(3)4;/h2-3H,4-5,12H2,1H3,(H,14,15);2*1H3,(H,3,4);/q;;;+2/p-2. The molecule has 10 nitrogen and oxygen atoms in total. The van der Waals surface area contributed by atoms with E-state index in [-0.39, 0.29) is 31.7 Å². The van der Waals surface area contributed by atoms with E-state index in [0.717, 1.165) is 25.0 Å². The molecule has 0 spiro atoms. The number of hydrogen-bond acceptors (Lipinski definition) is 8. The summed E-state index contributed by atoms with van der Waals surface area (Å²) in [4.78, 5) is 41.5. The van der Waals surface area contributed by atoms with Gasteiger partial charge in [0.25, 0.3) is 0 Å². The Morgan fingerprint density at radius 3 is 1.81 bits per heavy atom. The monoisotopic (exact) mass is 460 g/mol. The Hall–Kier alpha value is -2.64. The first-order valence-corrected chi connectivity index (χ1v) is 6.82. The second kappa shape index (κ2) is 11.8. The predicted molar refractivity (Wildman–Crippen MR) is 80.8 cm³/mol. The third-order valence-electron chi connectivity index (χ3n) is 2.76. The summed E-state index contributed by atoms with van der Waals surface area (Å²) < 4.78 is 4.61. The van der Waals surface area contributed by atoms with Gasteiger partial charge in [-0.25, -0.2) is 9.59 Å². The average molecular weight is 461 g/mol. The SMILES string of the molecule is CC(=O)[O-].CC(=O)[O-].COC(=O)N1Cc2cc(N)c(C(=O)O)cc2C1.[Pd+2]. The van der Waals surface area contributed by atoms with Gasteiger partial charge in [-0.2, -0.15) is 0 Å². The third-order valence-corrected chi connectivity index (χ3v) is 2.76. The number of nitrogens with zero attached hydrogens (tertiary/aromatic N) is 1. The number of fused-ring (bicyclic) bond motifs is 1. The minimum absolute atomic E-state index is 0. The first-order chi connectivity index (χ1) is 11.5. The van der Waals surface area contributed by atoms with Gasteiger partial charge in [0, 0.05) is 30.7 Å². The number of nitrogen functional groups attached to an aromatic ring is 1. The molecule has 1 aliphatic heterocycles. The Balaban J connectivity index is 0. The molecule has 0 bridgehead atoms. The number of carboxylic acids is 3. The number of ether oxygens (including phenoxy) is 1. The van der Waals surface area contributed by atoms with E-state index in [4.69, 9.17) is 30.6 Å². The molecule has 1 aromatic carbocycles. The fourth-order valence-corrected chi connectivity index (χ4v) is 1.91. The molecule has 11 heteroatoms. The number of anilines is 1. The van der Waals surface area contributed by atoms with Crippen LogP contribution in [0.3, 0.4) is 0 Å². The van der Waals surface area contributed by atoms with Crippen molar-refractivity contribution in [3.63, 3.8) is 0 Å². The molecule has 3 N–H and O–H groups in total. The van der Waals surface area contributed by atoms with Gasteiger partial charge in [-0.3, -0.25) is 4.90 Å². The molecular weight excluding hydrogens is 443 g/mol. The summed E-state index contributed by atoms with van der Waals surface area (Å²) in [5.41, 5.74) is 7.56. The van der Waals surface area contributed by atoms with Gasteiger partial charge in [-0.05, 0) is 37.1 Å². The summed E-state index contributed by atoms with van der Waals surface area (Å²) in [6, 6.07) is 3.11. The number of carboxylic acid groups (broad SMARTS) is 3. The van der Waals surface area contributed by atoms with Crippen LogP contribution in [-0.2, 0) is 47.8 Å². The molecule has 0 aromatic heterocycles. The Bertz CT molecular complexity index is 658. The molecule has 0 aliphatic carbocycles. The largest absolute Gasteiger partial charge is 2.00 e. The normalized spacial score (nSPS) is 10.7. The number of rotatable bonds is 1. The number of benzene rings is 1. The van der Waals surface area contributed by atoms with Gasteiger partial charge in [0.15, 0.2) is 0 Å². The molecule has 1 aromatic rings. The molecular formula is C15H18N2O8Pd. The number of carbonyl (C=O) groups is 4. The van der Waals surface area contributed by atoms with Crippen molar-refractivity contribution < 1.29 is 59.7 Å². The van der Waals surface area contributed by atoms with Crippen LogP contribution in [0.2, 0.25) is 0 Å². The van der Waals surface area contributed by atoms with Crippen LogP contribution in [-0.4, -0.2) is 41.1 Å². The van der Waals surface area contributed by atoms with Crippen molar-refractivity contribution in [2.45, 2.75) is 26.9 Å². The Kier molecular flexibility index (Phi) is 11.7. The van der Waals surface area contributed by atoms with E-state index >= 15 is 0 Å².